The van der Waals surface area contributed by atoms with E-state index in [1.807, 2.05) is 11.8 Å². The molecule has 1 aliphatic heterocycles. The normalized spacial score (nSPS) is 29.0. The Labute approximate surface area is 117 Å². The Morgan fingerprint density at radius 1 is 1.17 bits per heavy atom. The molecule has 3 heteroatoms. The zero-order valence-corrected chi connectivity index (χ0v) is 13.0. The number of nitrogens with one attached hydrogen (secondary N) is 1. The molecule has 2 nitrogen and oxygen atoms in total. The number of unbranched alkanes of at least 4 members (excludes halogenated alkanes) is 3. The molecule has 0 amide bonds. The Hall–Kier alpha value is 0.270. The Bertz CT molecular complexity index is 231. The van der Waals surface area contributed by atoms with Gasteiger partial charge in [0.2, 0.25) is 0 Å². The average molecular weight is 270 g/mol. The molecule has 0 aromatic rings. The van der Waals surface area contributed by atoms with Crippen LogP contribution in [-0.2, 0) is 0 Å². The van der Waals surface area contributed by atoms with Gasteiger partial charge in [-0.1, -0.05) is 12.8 Å². The van der Waals surface area contributed by atoms with Crippen molar-refractivity contribution in [1.29, 1.82) is 0 Å². The van der Waals surface area contributed by atoms with Crippen LogP contribution in [0.25, 0.3) is 0 Å². The molecule has 1 saturated carbocycles. The first kappa shape index (κ1) is 14.7. The van der Waals surface area contributed by atoms with Crippen LogP contribution >= 0.6 is 11.8 Å². The summed E-state index contributed by atoms with van der Waals surface area (Å²) in [6.07, 6.45) is 12.1. The van der Waals surface area contributed by atoms with Gasteiger partial charge >= 0.3 is 0 Å². The van der Waals surface area contributed by atoms with E-state index in [2.05, 4.69) is 23.4 Å². The molecule has 0 aromatic carbocycles. The van der Waals surface area contributed by atoms with Gasteiger partial charge in [-0.2, -0.15) is 11.8 Å². The number of rotatable bonds is 9. The molecule has 1 aliphatic carbocycles. The maximum Gasteiger partial charge on any atom is 0.0210 e. The minimum absolute atomic E-state index is 0.770. The highest BCUT2D eigenvalue weighted by Gasteiger charge is 2.38. The molecule has 2 aliphatic rings. The van der Waals surface area contributed by atoms with Crippen molar-refractivity contribution in [2.24, 2.45) is 0 Å². The standard InChI is InChI=1S/C15H30N2S/c1-13-11-14(12-17(13)15-7-8-15)16-9-5-3-4-6-10-18-2/h13-16H,3-12H2,1-2H3. The highest BCUT2D eigenvalue weighted by molar-refractivity contribution is 7.98. The lowest BCUT2D eigenvalue weighted by atomic mass is 10.1. The van der Waals surface area contributed by atoms with E-state index in [-0.39, 0.29) is 0 Å². The van der Waals surface area contributed by atoms with E-state index < -0.39 is 0 Å². The van der Waals surface area contributed by atoms with Gasteiger partial charge in [-0.3, -0.25) is 4.90 Å². The number of nitrogens with zero attached hydrogens (tertiary/aromatic N) is 1. The molecular weight excluding hydrogens is 240 g/mol. The Morgan fingerprint density at radius 3 is 2.67 bits per heavy atom. The zero-order valence-electron chi connectivity index (χ0n) is 12.2. The quantitative estimate of drug-likeness (QED) is 0.648. The summed E-state index contributed by atoms with van der Waals surface area (Å²) in [5, 5.41) is 3.77. The van der Waals surface area contributed by atoms with Crippen LogP contribution in [-0.4, -0.2) is 48.1 Å². The van der Waals surface area contributed by atoms with Crippen LogP contribution in [0, 0.1) is 0 Å². The summed E-state index contributed by atoms with van der Waals surface area (Å²) < 4.78 is 0. The number of hydrogen-bond donors (Lipinski definition) is 1. The summed E-state index contributed by atoms with van der Waals surface area (Å²) in [4.78, 5) is 2.73. The van der Waals surface area contributed by atoms with Gasteiger partial charge in [0.15, 0.2) is 0 Å². The van der Waals surface area contributed by atoms with Gasteiger partial charge < -0.3 is 5.32 Å². The molecule has 106 valence electrons. The fourth-order valence-electron chi connectivity index (χ4n) is 3.15. The molecule has 0 radical (unpaired) electrons. The van der Waals surface area contributed by atoms with Crippen molar-refractivity contribution >= 4 is 11.8 Å². The van der Waals surface area contributed by atoms with Gasteiger partial charge in [0.1, 0.15) is 0 Å². The fourth-order valence-corrected chi connectivity index (χ4v) is 3.64. The van der Waals surface area contributed by atoms with Crippen molar-refractivity contribution in [3.8, 4) is 0 Å². The van der Waals surface area contributed by atoms with Crippen LogP contribution in [0.5, 0.6) is 0 Å². The highest BCUT2D eigenvalue weighted by atomic mass is 32.2. The lowest BCUT2D eigenvalue weighted by molar-refractivity contribution is 0.255. The van der Waals surface area contributed by atoms with Crippen molar-refractivity contribution in [2.75, 3.05) is 25.1 Å². The third-order valence-electron chi connectivity index (χ3n) is 4.35. The zero-order chi connectivity index (χ0) is 12.8. The first-order valence-electron chi connectivity index (χ1n) is 7.79. The van der Waals surface area contributed by atoms with E-state index in [1.165, 1.54) is 63.8 Å². The SMILES string of the molecule is CSCCCCCCNC1CC(C)N(C2CC2)C1. The van der Waals surface area contributed by atoms with Gasteiger partial charge in [-0.05, 0) is 57.6 Å². The Balaban J connectivity index is 1.47. The topological polar surface area (TPSA) is 15.3 Å². The maximum absolute atomic E-state index is 3.77. The maximum atomic E-state index is 3.77. The second kappa shape index (κ2) is 7.76. The van der Waals surface area contributed by atoms with Gasteiger partial charge in [0.05, 0.1) is 0 Å². The molecule has 0 aromatic heterocycles. The smallest absolute Gasteiger partial charge is 0.0210 e. The van der Waals surface area contributed by atoms with E-state index in [9.17, 15) is 0 Å². The van der Waals surface area contributed by atoms with Crippen LogP contribution in [0.2, 0.25) is 0 Å². The second-order valence-corrected chi connectivity index (χ2v) is 7.06. The molecule has 2 rings (SSSR count). The van der Waals surface area contributed by atoms with Crippen LogP contribution in [0.1, 0.15) is 51.9 Å². The van der Waals surface area contributed by atoms with Crippen LogP contribution < -0.4 is 5.32 Å². The summed E-state index contributed by atoms with van der Waals surface area (Å²) in [6.45, 7) is 4.94. The van der Waals surface area contributed by atoms with E-state index in [4.69, 9.17) is 0 Å². The average Bonchev–Trinajstić information content (AvgIpc) is 3.13. The molecule has 1 heterocycles. The van der Waals surface area contributed by atoms with E-state index >= 15 is 0 Å². The Kier molecular flexibility index (Phi) is 6.33. The van der Waals surface area contributed by atoms with Crippen molar-refractivity contribution in [1.82, 2.24) is 10.2 Å². The van der Waals surface area contributed by atoms with Gasteiger partial charge in [0, 0.05) is 24.7 Å². The van der Waals surface area contributed by atoms with Gasteiger partial charge in [-0.25, -0.2) is 0 Å². The highest BCUT2D eigenvalue weighted by Crippen LogP contribution is 2.33. The molecular formula is C15H30N2S. The van der Waals surface area contributed by atoms with Crippen LogP contribution in [0.4, 0.5) is 0 Å². The van der Waals surface area contributed by atoms with Crippen molar-refractivity contribution in [3.05, 3.63) is 0 Å². The largest absolute Gasteiger partial charge is 0.313 e. The van der Waals surface area contributed by atoms with E-state index in [1.54, 1.807) is 0 Å². The van der Waals surface area contributed by atoms with Crippen molar-refractivity contribution in [2.45, 2.75) is 70.0 Å². The number of thioether (sulfide) groups is 1. The molecule has 0 spiro atoms. The molecule has 2 fully saturated rings. The monoisotopic (exact) mass is 270 g/mol. The summed E-state index contributed by atoms with van der Waals surface area (Å²) in [5.74, 6) is 1.34. The first-order valence-corrected chi connectivity index (χ1v) is 9.18. The minimum atomic E-state index is 0.770. The third-order valence-corrected chi connectivity index (χ3v) is 5.04. The van der Waals surface area contributed by atoms with Gasteiger partial charge in [-0.15, -0.1) is 0 Å². The number of likely N-dealkylation sites (tertiary alicyclic amines) is 1. The molecule has 1 saturated heterocycles. The molecule has 2 unspecified atom stereocenters. The second-order valence-electron chi connectivity index (χ2n) is 6.07. The summed E-state index contributed by atoms with van der Waals surface area (Å²) in [7, 11) is 0. The third kappa shape index (κ3) is 4.75. The summed E-state index contributed by atoms with van der Waals surface area (Å²) in [5.41, 5.74) is 0. The lowest BCUT2D eigenvalue weighted by Gasteiger charge is -2.19. The first-order chi connectivity index (χ1) is 8.81. The van der Waals surface area contributed by atoms with Crippen molar-refractivity contribution in [3.63, 3.8) is 0 Å². The van der Waals surface area contributed by atoms with Gasteiger partial charge in [0.25, 0.3) is 0 Å². The van der Waals surface area contributed by atoms with Crippen molar-refractivity contribution < 1.29 is 0 Å². The molecule has 0 bridgehead atoms. The predicted octanol–water partition coefficient (Wildman–Crippen LogP) is 3.12. The number of hydrogen-bond acceptors (Lipinski definition) is 3. The molecule has 1 N–H and O–H groups in total. The van der Waals surface area contributed by atoms with E-state index in [0.717, 1.165) is 18.1 Å². The molecule has 18 heavy (non-hydrogen) atoms. The summed E-state index contributed by atoms with van der Waals surface area (Å²) in [6, 6.07) is 2.53. The summed E-state index contributed by atoms with van der Waals surface area (Å²) >= 11 is 1.97. The Morgan fingerprint density at radius 2 is 1.94 bits per heavy atom. The fraction of sp³-hybridized carbons (Fsp3) is 1.00. The van der Waals surface area contributed by atoms with Crippen LogP contribution in [0.15, 0.2) is 0 Å². The molecule has 2 atom stereocenters. The lowest BCUT2D eigenvalue weighted by Crippen LogP contribution is -2.34. The minimum Gasteiger partial charge on any atom is -0.313 e. The van der Waals surface area contributed by atoms with Crippen LogP contribution in [0.3, 0.4) is 0 Å². The predicted molar refractivity (Wildman–Crippen MR) is 82.4 cm³/mol. The van der Waals surface area contributed by atoms with E-state index in [0.29, 0.717) is 0 Å².